The van der Waals surface area contributed by atoms with E-state index in [0.717, 1.165) is 11.5 Å². The average molecular weight is 436 g/mol. The molecule has 1 fully saturated rings. The number of urea groups is 1. The zero-order chi connectivity index (χ0) is 22.5. The van der Waals surface area contributed by atoms with E-state index in [-0.39, 0.29) is 11.8 Å². The molecule has 32 heavy (non-hydrogen) atoms. The van der Waals surface area contributed by atoms with Crippen molar-refractivity contribution in [2.75, 3.05) is 43.0 Å². The van der Waals surface area contributed by atoms with E-state index in [9.17, 15) is 9.18 Å². The number of aromatic nitrogens is 2. The number of para-hydroxylation sites is 2. The highest BCUT2D eigenvalue weighted by Gasteiger charge is 2.23. The SMILES string of the molecule is CCOc1ccccc1NC(=O)N1CCN(c2cc(C)nc(-c3cccc(F)c3)n2)CC1. The lowest BCUT2D eigenvalue weighted by Crippen LogP contribution is -2.50. The number of rotatable bonds is 5. The Bertz CT molecular complexity index is 1100. The van der Waals surface area contributed by atoms with E-state index in [2.05, 4.69) is 20.2 Å². The number of benzene rings is 2. The predicted octanol–water partition coefficient (Wildman–Crippen LogP) is 4.34. The number of carbonyl (C=O) groups is 1. The fourth-order valence-corrected chi connectivity index (χ4v) is 3.65. The molecule has 7 nitrogen and oxygen atoms in total. The minimum absolute atomic E-state index is 0.156. The zero-order valence-electron chi connectivity index (χ0n) is 18.2. The zero-order valence-corrected chi connectivity index (χ0v) is 18.2. The summed E-state index contributed by atoms with van der Waals surface area (Å²) in [5.41, 5.74) is 2.11. The number of anilines is 2. The van der Waals surface area contributed by atoms with Crippen LogP contribution in [0.5, 0.6) is 5.75 Å². The summed E-state index contributed by atoms with van der Waals surface area (Å²) in [6.07, 6.45) is 0. The predicted molar refractivity (Wildman–Crippen MR) is 123 cm³/mol. The third-order valence-electron chi connectivity index (χ3n) is 5.24. The summed E-state index contributed by atoms with van der Waals surface area (Å²) < 4.78 is 19.2. The van der Waals surface area contributed by atoms with E-state index in [1.165, 1.54) is 12.1 Å². The van der Waals surface area contributed by atoms with E-state index in [4.69, 9.17) is 4.74 Å². The van der Waals surface area contributed by atoms with Crippen molar-refractivity contribution in [2.24, 2.45) is 0 Å². The van der Waals surface area contributed by atoms with Gasteiger partial charge in [0.1, 0.15) is 17.4 Å². The Hall–Kier alpha value is -3.68. The molecule has 1 aliphatic heterocycles. The third-order valence-corrected chi connectivity index (χ3v) is 5.24. The van der Waals surface area contributed by atoms with Crippen LogP contribution in [0.25, 0.3) is 11.4 Å². The minimum Gasteiger partial charge on any atom is -0.492 e. The van der Waals surface area contributed by atoms with Gasteiger partial charge in [0.15, 0.2) is 5.82 Å². The Labute approximate surface area is 186 Å². The number of amides is 2. The molecular formula is C24H26FN5O2. The van der Waals surface area contributed by atoms with E-state index in [0.29, 0.717) is 55.6 Å². The number of carbonyl (C=O) groups excluding carboxylic acids is 1. The molecule has 4 rings (SSSR count). The molecule has 1 N–H and O–H groups in total. The molecule has 0 unspecified atom stereocenters. The van der Waals surface area contributed by atoms with Gasteiger partial charge in [-0.1, -0.05) is 24.3 Å². The molecule has 8 heteroatoms. The summed E-state index contributed by atoms with van der Waals surface area (Å²) in [6.45, 7) is 6.72. The quantitative estimate of drug-likeness (QED) is 0.645. The van der Waals surface area contributed by atoms with Crippen molar-refractivity contribution in [3.05, 3.63) is 66.1 Å². The lowest BCUT2D eigenvalue weighted by atomic mass is 10.2. The molecule has 3 aromatic rings. The summed E-state index contributed by atoms with van der Waals surface area (Å²) in [7, 11) is 0. The monoisotopic (exact) mass is 435 g/mol. The second kappa shape index (κ2) is 9.64. The maximum Gasteiger partial charge on any atom is 0.322 e. The largest absolute Gasteiger partial charge is 0.492 e. The van der Waals surface area contributed by atoms with Gasteiger partial charge in [-0.15, -0.1) is 0 Å². The van der Waals surface area contributed by atoms with Crippen LogP contribution >= 0.6 is 0 Å². The number of piperazine rings is 1. The van der Waals surface area contributed by atoms with Gasteiger partial charge < -0.3 is 19.9 Å². The summed E-state index contributed by atoms with van der Waals surface area (Å²) in [4.78, 5) is 25.8. The van der Waals surface area contributed by atoms with Crippen LogP contribution in [0.3, 0.4) is 0 Å². The Balaban J connectivity index is 1.42. The molecule has 1 aromatic heterocycles. The van der Waals surface area contributed by atoms with Gasteiger partial charge in [0.05, 0.1) is 12.3 Å². The van der Waals surface area contributed by atoms with Crippen LogP contribution in [0.2, 0.25) is 0 Å². The molecule has 0 spiro atoms. The molecule has 2 amide bonds. The third kappa shape index (κ3) is 4.96. The maximum absolute atomic E-state index is 13.6. The van der Waals surface area contributed by atoms with Crippen molar-refractivity contribution >= 4 is 17.5 Å². The Morgan fingerprint density at radius 2 is 1.84 bits per heavy atom. The first-order chi connectivity index (χ1) is 15.5. The molecule has 1 aliphatic rings. The van der Waals surface area contributed by atoms with Crippen molar-refractivity contribution in [3.63, 3.8) is 0 Å². The summed E-state index contributed by atoms with van der Waals surface area (Å²) in [5.74, 6) is 1.61. The van der Waals surface area contributed by atoms with Crippen LogP contribution in [0, 0.1) is 12.7 Å². The molecule has 0 radical (unpaired) electrons. The molecular weight excluding hydrogens is 409 g/mol. The van der Waals surface area contributed by atoms with Crippen LogP contribution in [-0.2, 0) is 0 Å². The van der Waals surface area contributed by atoms with Gasteiger partial charge in [-0.2, -0.15) is 0 Å². The number of ether oxygens (including phenoxy) is 1. The highest BCUT2D eigenvalue weighted by molar-refractivity contribution is 5.91. The van der Waals surface area contributed by atoms with Gasteiger partial charge >= 0.3 is 6.03 Å². The van der Waals surface area contributed by atoms with Gasteiger partial charge in [0.25, 0.3) is 0 Å². The molecule has 0 bridgehead atoms. The first kappa shape index (κ1) is 21.5. The number of aryl methyl sites for hydroxylation is 1. The topological polar surface area (TPSA) is 70.6 Å². The molecule has 1 saturated heterocycles. The lowest BCUT2D eigenvalue weighted by molar-refractivity contribution is 0.208. The smallest absolute Gasteiger partial charge is 0.322 e. The van der Waals surface area contributed by atoms with Crippen LogP contribution < -0.4 is 15.0 Å². The molecule has 2 aromatic carbocycles. The molecule has 0 saturated carbocycles. The summed E-state index contributed by atoms with van der Waals surface area (Å²) in [5, 5.41) is 2.95. The standard InChI is InChI=1S/C24H26FN5O2/c1-3-32-21-10-5-4-9-20(21)27-24(31)30-13-11-29(12-14-30)22-15-17(2)26-23(28-22)18-7-6-8-19(25)16-18/h4-10,15-16H,3,11-14H2,1-2H3,(H,27,31). The van der Waals surface area contributed by atoms with Crippen LogP contribution in [0.4, 0.5) is 20.7 Å². The molecule has 0 aliphatic carbocycles. The Kier molecular flexibility index (Phi) is 6.49. The lowest BCUT2D eigenvalue weighted by Gasteiger charge is -2.35. The second-order valence-corrected chi connectivity index (χ2v) is 7.53. The van der Waals surface area contributed by atoms with Crippen molar-refractivity contribution in [1.82, 2.24) is 14.9 Å². The number of nitrogens with one attached hydrogen (secondary N) is 1. The van der Waals surface area contributed by atoms with Crippen molar-refractivity contribution in [3.8, 4) is 17.1 Å². The van der Waals surface area contributed by atoms with Gasteiger partial charge in [-0.3, -0.25) is 0 Å². The minimum atomic E-state index is -0.320. The first-order valence-corrected chi connectivity index (χ1v) is 10.7. The number of hydrogen-bond acceptors (Lipinski definition) is 5. The van der Waals surface area contributed by atoms with Gasteiger partial charge in [0.2, 0.25) is 0 Å². The normalized spacial score (nSPS) is 13.7. The Morgan fingerprint density at radius 3 is 2.59 bits per heavy atom. The summed E-state index contributed by atoms with van der Waals surface area (Å²) >= 11 is 0. The molecule has 166 valence electrons. The van der Waals surface area contributed by atoms with E-state index >= 15 is 0 Å². The van der Waals surface area contributed by atoms with E-state index in [1.807, 2.05) is 44.2 Å². The second-order valence-electron chi connectivity index (χ2n) is 7.53. The van der Waals surface area contributed by atoms with Crippen LogP contribution in [0.15, 0.2) is 54.6 Å². The van der Waals surface area contributed by atoms with Gasteiger partial charge in [-0.05, 0) is 38.1 Å². The number of hydrogen-bond donors (Lipinski definition) is 1. The van der Waals surface area contributed by atoms with E-state index < -0.39 is 0 Å². The van der Waals surface area contributed by atoms with E-state index in [1.54, 1.807) is 17.0 Å². The first-order valence-electron chi connectivity index (χ1n) is 10.7. The van der Waals surface area contributed by atoms with Gasteiger partial charge in [0, 0.05) is 43.5 Å². The van der Waals surface area contributed by atoms with Gasteiger partial charge in [-0.25, -0.2) is 19.2 Å². The molecule has 2 heterocycles. The maximum atomic E-state index is 13.6. The van der Waals surface area contributed by atoms with Crippen molar-refractivity contribution in [1.29, 1.82) is 0 Å². The highest BCUT2D eigenvalue weighted by atomic mass is 19.1. The highest BCUT2D eigenvalue weighted by Crippen LogP contribution is 2.25. The average Bonchev–Trinajstić information content (AvgIpc) is 2.80. The fourth-order valence-electron chi connectivity index (χ4n) is 3.65. The fraction of sp³-hybridized carbons (Fsp3) is 0.292. The van der Waals surface area contributed by atoms with Crippen molar-refractivity contribution in [2.45, 2.75) is 13.8 Å². The Morgan fingerprint density at radius 1 is 1.06 bits per heavy atom. The van der Waals surface area contributed by atoms with Crippen molar-refractivity contribution < 1.29 is 13.9 Å². The number of halogens is 1. The molecule has 0 atom stereocenters. The number of nitrogens with zero attached hydrogens (tertiary/aromatic N) is 4. The van der Waals surface area contributed by atoms with Crippen LogP contribution in [0.1, 0.15) is 12.6 Å². The summed E-state index contributed by atoms with van der Waals surface area (Å²) in [6, 6.07) is 15.4. The van der Waals surface area contributed by atoms with Crippen LogP contribution in [-0.4, -0.2) is 53.7 Å².